The van der Waals surface area contributed by atoms with Gasteiger partial charge in [-0.25, -0.2) is 0 Å². The van der Waals surface area contributed by atoms with Crippen LogP contribution in [0.1, 0.15) is 18.9 Å². The van der Waals surface area contributed by atoms with Gasteiger partial charge in [0.25, 0.3) is 0 Å². The molecule has 0 spiro atoms. The van der Waals surface area contributed by atoms with E-state index >= 15 is 0 Å². The molecule has 0 saturated heterocycles. The van der Waals surface area contributed by atoms with Gasteiger partial charge in [0, 0.05) is 12.1 Å². The molecule has 2 N–H and O–H groups in total. The first kappa shape index (κ1) is 14.3. The number of nitrogens with two attached hydrogens (primary N) is 1. The highest BCUT2D eigenvalue weighted by atomic mass is 32.2. The molecule has 5 heteroatoms. The molecular weight excluding hydrogens is 262 g/mol. The number of hydrogen-bond acceptors (Lipinski definition) is 5. The lowest BCUT2D eigenvalue weighted by Crippen LogP contribution is -2.18. The molecule has 0 amide bonds. The average Bonchev–Trinajstić information content (AvgIpc) is 2.81. The maximum Gasteiger partial charge on any atom is 0.231 e. The number of rotatable bonds is 7. The minimum absolute atomic E-state index is 0.0916. The smallest absolute Gasteiger partial charge is 0.231 e. The lowest BCUT2D eigenvalue weighted by atomic mass is 10.1. The highest BCUT2D eigenvalue weighted by molar-refractivity contribution is 7.98. The second-order valence-electron chi connectivity index (χ2n) is 4.69. The summed E-state index contributed by atoms with van der Waals surface area (Å²) in [5.41, 5.74) is 6.97. The zero-order valence-electron chi connectivity index (χ0n) is 11.5. The number of fused-ring (bicyclic) bond motifs is 1. The Bertz CT molecular complexity index is 423. The number of hydrogen-bond donors (Lipinski definition) is 1. The monoisotopic (exact) mass is 283 g/mol. The minimum atomic E-state index is 0.0916. The van der Waals surface area contributed by atoms with Gasteiger partial charge in [0.15, 0.2) is 11.5 Å². The van der Waals surface area contributed by atoms with Gasteiger partial charge in [-0.05, 0) is 43.4 Å². The first-order chi connectivity index (χ1) is 9.20. The molecule has 1 atom stereocenters. The Morgan fingerprint density at radius 2 is 2.11 bits per heavy atom. The second-order valence-corrected chi connectivity index (χ2v) is 5.68. The van der Waals surface area contributed by atoms with Gasteiger partial charge >= 0.3 is 0 Å². The Kier molecular flexibility index (Phi) is 5.22. The van der Waals surface area contributed by atoms with E-state index in [1.54, 1.807) is 0 Å². The number of ether oxygens (including phenoxy) is 3. The molecule has 4 nitrogen and oxygen atoms in total. The Morgan fingerprint density at radius 1 is 1.37 bits per heavy atom. The van der Waals surface area contributed by atoms with E-state index in [0.29, 0.717) is 6.61 Å². The van der Waals surface area contributed by atoms with Crippen molar-refractivity contribution in [3.63, 3.8) is 0 Å². The topological polar surface area (TPSA) is 53.7 Å². The zero-order chi connectivity index (χ0) is 13.7. The SMILES string of the molecule is CSCCCOc1cc2c(cc1CC(C)N)OCO2. The van der Waals surface area contributed by atoms with Crippen LogP contribution in [0.2, 0.25) is 0 Å². The van der Waals surface area contributed by atoms with Crippen LogP contribution in [0.15, 0.2) is 12.1 Å². The standard InChI is InChI=1S/C14H21NO3S/c1-10(15)6-11-7-13-14(18-9-17-13)8-12(11)16-4-3-5-19-2/h7-8,10H,3-6,9,15H2,1-2H3. The van der Waals surface area contributed by atoms with Crippen molar-refractivity contribution in [3.8, 4) is 17.2 Å². The fourth-order valence-electron chi connectivity index (χ4n) is 1.99. The first-order valence-electron chi connectivity index (χ1n) is 6.50. The van der Waals surface area contributed by atoms with Crippen LogP contribution < -0.4 is 19.9 Å². The first-order valence-corrected chi connectivity index (χ1v) is 7.90. The summed E-state index contributed by atoms with van der Waals surface area (Å²) in [5, 5.41) is 0. The summed E-state index contributed by atoms with van der Waals surface area (Å²) in [7, 11) is 0. The molecule has 1 aromatic rings. The summed E-state index contributed by atoms with van der Waals surface area (Å²) in [6.07, 6.45) is 3.91. The summed E-state index contributed by atoms with van der Waals surface area (Å²) in [4.78, 5) is 0. The lowest BCUT2D eigenvalue weighted by molar-refractivity contribution is 0.173. The molecule has 1 heterocycles. The van der Waals surface area contributed by atoms with Gasteiger partial charge in [-0.2, -0.15) is 11.8 Å². The van der Waals surface area contributed by atoms with E-state index < -0.39 is 0 Å². The molecule has 106 valence electrons. The van der Waals surface area contributed by atoms with Gasteiger partial charge in [-0.15, -0.1) is 0 Å². The predicted octanol–water partition coefficient (Wildman–Crippen LogP) is 2.44. The van der Waals surface area contributed by atoms with E-state index in [-0.39, 0.29) is 12.8 Å². The lowest BCUT2D eigenvalue weighted by Gasteiger charge is -2.14. The molecule has 1 unspecified atom stereocenters. The fourth-order valence-corrected chi connectivity index (χ4v) is 2.40. The average molecular weight is 283 g/mol. The van der Waals surface area contributed by atoms with Gasteiger partial charge < -0.3 is 19.9 Å². The molecular formula is C14H21NO3S. The molecule has 1 aliphatic rings. The van der Waals surface area contributed by atoms with E-state index in [1.807, 2.05) is 30.8 Å². The molecule has 0 aliphatic carbocycles. The Morgan fingerprint density at radius 3 is 2.79 bits per heavy atom. The summed E-state index contributed by atoms with van der Waals surface area (Å²) in [6, 6.07) is 3.99. The Hall–Kier alpha value is -1.07. The van der Waals surface area contributed by atoms with Crippen molar-refractivity contribution < 1.29 is 14.2 Å². The Balaban J connectivity index is 2.09. The fraction of sp³-hybridized carbons (Fsp3) is 0.571. The van der Waals surface area contributed by atoms with Gasteiger partial charge in [0.1, 0.15) is 5.75 Å². The van der Waals surface area contributed by atoms with E-state index in [0.717, 1.165) is 41.4 Å². The highest BCUT2D eigenvalue weighted by Crippen LogP contribution is 2.38. The third-order valence-corrected chi connectivity index (χ3v) is 3.54. The van der Waals surface area contributed by atoms with Crippen molar-refractivity contribution in [1.82, 2.24) is 0 Å². The normalized spacial score (nSPS) is 14.5. The van der Waals surface area contributed by atoms with Crippen LogP contribution in [-0.4, -0.2) is 31.5 Å². The third-order valence-electron chi connectivity index (χ3n) is 2.85. The molecule has 0 radical (unpaired) electrons. The molecule has 0 fully saturated rings. The van der Waals surface area contributed by atoms with Crippen molar-refractivity contribution in [1.29, 1.82) is 0 Å². The van der Waals surface area contributed by atoms with Crippen molar-refractivity contribution in [2.75, 3.05) is 25.4 Å². The van der Waals surface area contributed by atoms with Crippen LogP contribution in [0, 0.1) is 0 Å². The molecule has 1 aliphatic heterocycles. The van der Waals surface area contributed by atoms with E-state index in [4.69, 9.17) is 19.9 Å². The van der Waals surface area contributed by atoms with Crippen LogP contribution in [0.4, 0.5) is 0 Å². The number of thioether (sulfide) groups is 1. The highest BCUT2D eigenvalue weighted by Gasteiger charge is 2.18. The molecule has 0 saturated carbocycles. The zero-order valence-corrected chi connectivity index (χ0v) is 12.3. The second kappa shape index (κ2) is 6.91. The van der Waals surface area contributed by atoms with E-state index in [2.05, 4.69) is 6.26 Å². The molecule has 1 aromatic carbocycles. The van der Waals surface area contributed by atoms with Crippen molar-refractivity contribution in [2.24, 2.45) is 5.73 Å². The summed E-state index contributed by atoms with van der Waals surface area (Å²) >= 11 is 1.83. The molecule has 0 aromatic heterocycles. The van der Waals surface area contributed by atoms with Gasteiger partial charge in [-0.3, -0.25) is 0 Å². The van der Waals surface area contributed by atoms with Crippen molar-refractivity contribution in [3.05, 3.63) is 17.7 Å². The van der Waals surface area contributed by atoms with Crippen molar-refractivity contribution >= 4 is 11.8 Å². The summed E-state index contributed by atoms with van der Waals surface area (Å²) in [5.74, 6) is 3.51. The van der Waals surface area contributed by atoms with Crippen LogP contribution in [0.25, 0.3) is 0 Å². The predicted molar refractivity (Wildman–Crippen MR) is 78.4 cm³/mol. The van der Waals surface area contributed by atoms with Crippen molar-refractivity contribution in [2.45, 2.75) is 25.8 Å². The third kappa shape index (κ3) is 3.94. The van der Waals surface area contributed by atoms with Gasteiger partial charge in [0.05, 0.1) is 6.61 Å². The largest absolute Gasteiger partial charge is 0.493 e. The maximum absolute atomic E-state index is 5.88. The van der Waals surface area contributed by atoms with Crippen LogP contribution in [-0.2, 0) is 6.42 Å². The number of benzene rings is 1. The van der Waals surface area contributed by atoms with E-state index in [9.17, 15) is 0 Å². The maximum atomic E-state index is 5.88. The molecule has 0 bridgehead atoms. The van der Waals surface area contributed by atoms with Crippen LogP contribution in [0.5, 0.6) is 17.2 Å². The van der Waals surface area contributed by atoms with Crippen LogP contribution >= 0.6 is 11.8 Å². The minimum Gasteiger partial charge on any atom is -0.493 e. The van der Waals surface area contributed by atoms with Gasteiger partial charge in [0.2, 0.25) is 6.79 Å². The summed E-state index contributed by atoms with van der Waals surface area (Å²) in [6.45, 7) is 2.98. The molecule has 19 heavy (non-hydrogen) atoms. The molecule has 2 rings (SSSR count). The van der Waals surface area contributed by atoms with E-state index in [1.165, 1.54) is 0 Å². The van der Waals surface area contributed by atoms with Gasteiger partial charge in [-0.1, -0.05) is 0 Å². The van der Waals surface area contributed by atoms with Crippen LogP contribution in [0.3, 0.4) is 0 Å². The quantitative estimate of drug-likeness (QED) is 0.779. The summed E-state index contributed by atoms with van der Waals surface area (Å²) < 4.78 is 16.6. The Labute approximate surface area is 118 Å².